The summed E-state index contributed by atoms with van der Waals surface area (Å²) < 4.78 is 13.0. The van der Waals surface area contributed by atoms with Crippen LogP contribution in [0.15, 0.2) is 23.2 Å². The van der Waals surface area contributed by atoms with E-state index in [4.69, 9.17) is 19.4 Å². The zero-order chi connectivity index (χ0) is 19.5. The molecule has 2 saturated heterocycles. The van der Waals surface area contributed by atoms with Crippen molar-refractivity contribution in [1.29, 1.82) is 0 Å². The van der Waals surface area contributed by atoms with Crippen molar-refractivity contribution in [2.75, 3.05) is 75.9 Å². The number of rotatable bonds is 6. The van der Waals surface area contributed by atoms with E-state index < -0.39 is 0 Å². The lowest BCUT2D eigenvalue weighted by atomic mass is 10.4. The molecule has 10 heteroatoms. The van der Waals surface area contributed by atoms with Gasteiger partial charge >= 0.3 is 0 Å². The van der Waals surface area contributed by atoms with Crippen molar-refractivity contribution in [2.45, 2.75) is 0 Å². The topological polar surface area (TPSA) is 80.6 Å². The largest absolute Gasteiger partial charge is 0.379 e. The van der Waals surface area contributed by atoms with E-state index in [2.05, 4.69) is 36.9 Å². The number of hydrogen-bond acceptors (Lipinski definition) is 9. The Morgan fingerprint density at radius 2 is 1.83 bits per heavy atom. The molecule has 2 aliphatic rings. The number of nitrogens with zero attached hydrogens (tertiary/aromatic N) is 6. The van der Waals surface area contributed by atoms with Crippen molar-refractivity contribution in [1.82, 2.24) is 24.4 Å². The van der Waals surface area contributed by atoms with Crippen molar-refractivity contribution in [2.24, 2.45) is 0 Å². The molecule has 0 amide bonds. The van der Waals surface area contributed by atoms with Gasteiger partial charge < -0.3 is 19.7 Å². The minimum Gasteiger partial charge on any atom is -0.379 e. The summed E-state index contributed by atoms with van der Waals surface area (Å²) in [6, 6.07) is 2.08. The van der Waals surface area contributed by atoms with Crippen LogP contribution in [0, 0.1) is 0 Å². The third-order valence-corrected chi connectivity index (χ3v) is 5.96. The SMILES string of the molecule is c1cc(-n2cnc3c(NCCN4CCOCC4)nc(N4CCOCC4)nc32)cs1. The molecular formula is C19H25N7O2S. The van der Waals surface area contributed by atoms with Crippen LogP contribution in [0.3, 0.4) is 0 Å². The maximum Gasteiger partial charge on any atom is 0.229 e. The number of morpholine rings is 2. The molecule has 0 aliphatic carbocycles. The summed E-state index contributed by atoms with van der Waals surface area (Å²) in [5, 5.41) is 7.67. The zero-order valence-electron chi connectivity index (χ0n) is 16.3. The van der Waals surface area contributed by atoms with Crippen LogP contribution < -0.4 is 10.2 Å². The minimum atomic E-state index is 0.699. The Morgan fingerprint density at radius 3 is 2.59 bits per heavy atom. The monoisotopic (exact) mass is 415 g/mol. The molecule has 2 fully saturated rings. The number of imidazole rings is 1. The zero-order valence-corrected chi connectivity index (χ0v) is 17.1. The van der Waals surface area contributed by atoms with Crippen molar-refractivity contribution in [3.05, 3.63) is 23.2 Å². The van der Waals surface area contributed by atoms with Gasteiger partial charge in [-0.05, 0) is 11.4 Å². The van der Waals surface area contributed by atoms with Crippen molar-refractivity contribution in [3.8, 4) is 5.69 Å². The molecule has 0 bridgehead atoms. The predicted molar refractivity (Wildman–Crippen MR) is 113 cm³/mol. The minimum absolute atomic E-state index is 0.699. The maximum atomic E-state index is 5.49. The lowest BCUT2D eigenvalue weighted by molar-refractivity contribution is 0.0398. The highest BCUT2D eigenvalue weighted by molar-refractivity contribution is 7.08. The van der Waals surface area contributed by atoms with Gasteiger partial charge in [-0.3, -0.25) is 9.47 Å². The van der Waals surface area contributed by atoms with Crippen molar-refractivity contribution in [3.63, 3.8) is 0 Å². The molecule has 5 heterocycles. The molecule has 5 rings (SSSR count). The molecule has 154 valence electrons. The summed E-state index contributed by atoms with van der Waals surface area (Å²) in [5.74, 6) is 1.52. The van der Waals surface area contributed by atoms with Crippen LogP contribution in [0.4, 0.5) is 11.8 Å². The third kappa shape index (κ3) is 4.06. The Hall–Kier alpha value is -2.27. The van der Waals surface area contributed by atoms with E-state index in [9.17, 15) is 0 Å². The first-order valence-electron chi connectivity index (χ1n) is 10.0. The highest BCUT2D eigenvalue weighted by atomic mass is 32.1. The smallest absolute Gasteiger partial charge is 0.229 e. The van der Waals surface area contributed by atoms with Crippen LogP contribution in [0.2, 0.25) is 0 Å². The molecule has 9 nitrogen and oxygen atoms in total. The van der Waals surface area contributed by atoms with E-state index in [1.54, 1.807) is 11.3 Å². The Balaban J connectivity index is 1.44. The van der Waals surface area contributed by atoms with Gasteiger partial charge in [-0.15, -0.1) is 0 Å². The van der Waals surface area contributed by atoms with E-state index in [1.165, 1.54) is 0 Å². The first-order chi connectivity index (χ1) is 14.4. The molecule has 3 aromatic heterocycles. The molecule has 2 aliphatic heterocycles. The van der Waals surface area contributed by atoms with Crippen LogP contribution in [-0.4, -0.2) is 90.1 Å². The van der Waals surface area contributed by atoms with E-state index in [-0.39, 0.29) is 0 Å². The van der Waals surface area contributed by atoms with Crippen LogP contribution in [0.1, 0.15) is 0 Å². The molecule has 0 unspecified atom stereocenters. The van der Waals surface area contributed by atoms with Gasteiger partial charge in [0.15, 0.2) is 17.0 Å². The Kier molecular flexibility index (Phi) is 5.57. The quantitative estimate of drug-likeness (QED) is 0.648. The summed E-state index contributed by atoms with van der Waals surface area (Å²) in [7, 11) is 0. The van der Waals surface area contributed by atoms with Gasteiger partial charge in [-0.1, -0.05) is 0 Å². The normalized spacial score (nSPS) is 18.4. The third-order valence-electron chi connectivity index (χ3n) is 5.29. The predicted octanol–water partition coefficient (Wildman–Crippen LogP) is 1.46. The van der Waals surface area contributed by atoms with Gasteiger partial charge in [0, 0.05) is 44.6 Å². The first-order valence-corrected chi connectivity index (χ1v) is 11.0. The molecule has 0 atom stereocenters. The number of fused-ring (bicyclic) bond motifs is 1. The Morgan fingerprint density at radius 1 is 1.03 bits per heavy atom. The average molecular weight is 416 g/mol. The van der Waals surface area contributed by atoms with Gasteiger partial charge in [0.1, 0.15) is 6.33 Å². The highest BCUT2D eigenvalue weighted by Crippen LogP contribution is 2.26. The van der Waals surface area contributed by atoms with E-state index in [0.29, 0.717) is 13.2 Å². The number of hydrogen-bond donors (Lipinski definition) is 1. The number of ether oxygens (including phenoxy) is 2. The number of nitrogens with one attached hydrogen (secondary N) is 1. The number of aromatic nitrogens is 4. The van der Waals surface area contributed by atoms with Gasteiger partial charge in [-0.25, -0.2) is 4.98 Å². The number of anilines is 2. The Labute approximate surface area is 173 Å². The summed E-state index contributed by atoms with van der Waals surface area (Å²) >= 11 is 1.66. The highest BCUT2D eigenvalue weighted by Gasteiger charge is 2.20. The summed E-state index contributed by atoms with van der Waals surface area (Å²) in [6.07, 6.45) is 1.83. The summed E-state index contributed by atoms with van der Waals surface area (Å²) in [5.41, 5.74) is 2.70. The van der Waals surface area contributed by atoms with E-state index >= 15 is 0 Å². The second-order valence-electron chi connectivity index (χ2n) is 7.12. The van der Waals surface area contributed by atoms with Gasteiger partial charge in [-0.2, -0.15) is 21.3 Å². The lowest BCUT2D eigenvalue weighted by Gasteiger charge is -2.28. The van der Waals surface area contributed by atoms with Crippen molar-refractivity contribution < 1.29 is 9.47 Å². The standard InChI is InChI=1S/C19H25N7O2S/c1-12-29-13-15(1)26-14-21-16-17(20-2-3-24-4-8-27-9-5-24)22-19(23-18(16)26)25-6-10-28-11-7-25/h1,12-14H,2-11H2,(H,20,22,23). The van der Waals surface area contributed by atoms with Crippen LogP contribution in [0.25, 0.3) is 16.9 Å². The van der Waals surface area contributed by atoms with E-state index in [0.717, 1.165) is 81.1 Å². The second-order valence-corrected chi connectivity index (χ2v) is 7.90. The fourth-order valence-electron chi connectivity index (χ4n) is 3.66. The molecule has 1 N–H and O–H groups in total. The molecule has 3 aromatic rings. The number of thiophene rings is 1. The van der Waals surface area contributed by atoms with Crippen LogP contribution in [-0.2, 0) is 9.47 Å². The fraction of sp³-hybridized carbons (Fsp3) is 0.526. The molecule has 29 heavy (non-hydrogen) atoms. The summed E-state index contributed by atoms with van der Waals surface area (Å²) in [6.45, 7) is 8.33. The van der Waals surface area contributed by atoms with Gasteiger partial charge in [0.05, 0.1) is 32.1 Å². The van der Waals surface area contributed by atoms with Crippen molar-refractivity contribution >= 4 is 34.3 Å². The molecule has 0 saturated carbocycles. The molecule has 0 spiro atoms. The Bertz CT molecular complexity index is 934. The van der Waals surface area contributed by atoms with Crippen LogP contribution in [0.5, 0.6) is 0 Å². The average Bonchev–Trinajstić information content (AvgIpc) is 3.45. The first kappa shape index (κ1) is 18.7. The fourth-order valence-corrected chi connectivity index (χ4v) is 4.29. The molecular weight excluding hydrogens is 390 g/mol. The summed E-state index contributed by atoms with van der Waals surface area (Å²) in [4.78, 5) is 18.9. The maximum absolute atomic E-state index is 5.49. The second kappa shape index (κ2) is 8.62. The van der Waals surface area contributed by atoms with E-state index in [1.807, 2.05) is 10.9 Å². The van der Waals surface area contributed by atoms with Gasteiger partial charge in [0.25, 0.3) is 0 Å². The molecule has 0 radical (unpaired) electrons. The molecule has 0 aromatic carbocycles. The van der Waals surface area contributed by atoms with Gasteiger partial charge in [0.2, 0.25) is 5.95 Å². The lowest BCUT2D eigenvalue weighted by Crippen LogP contribution is -2.39. The van der Waals surface area contributed by atoms with Crippen LogP contribution >= 0.6 is 11.3 Å².